The van der Waals surface area contributed by atoms with Gasteiger partial charge in [-0.3, -0.25) is 4.79 Å². The summed E-state index contributed by atoms with van der Waals surface area (Å²) in [4.78, 5) is 14.1. The molecule has 0 spiro atoms. The van der Waals surface area contributed by atoms with Crippen LogP contribution in [0.15, 0.2) is 0 Å². The van der Waals surface area contributed by atoms with Crippen molar-refractivity contribution in [2.24, 2.45) is 5.92 Å². The fourth-order valence-electron chi connectivity index (χ4n) is 5.20. The van der Waals surface area contributed by atoms with Gasteiger partial charge < -0.3 is 9.33 Å². The van der Waals surface area contributed by atoms with Gasteiger partial charge in [0.1, 0.15) is 0 Å². The molecule has 0 N–H and O–H groups in total. The average molecular weight is 326 g/mol. The molecule has 3 nitrogen and oxygen atoms in total. The zero-order chi connectivity index (χ0) is 16.5. The standard InChI is InChI=1S/C18H35NO2Si/c1-13(2)22(14(3)4,15(5)6)21-12-16-8-7-11-19-17(16)9-10-18(19)20/h13-17H,7-12H2,1-6H3/t16-,17-/m0/s1. The van der Waals surface area contributed by atoms with E-state index in [-0.39, 0.29) is 0 Å². The number of amides is 1. The number of fused-ring (bicyclic) bond motifs is 1. The lowest BCUT2D eigenvalue weighted by Crippen LogP contribution is -2.51. The molecule has 0 aromatic heterocycles. The second-order valence-electron chi connectivity index (χ2n) is 8.22. The normalized spacial score (nSPS) is 26.4. The molecule has 0 aromatic rings. The predicted octanol–water partition coefficient (Wildman–Crippen LogP) is 4.58. The minimum absolute atomic E-state index is 0.370. The Hall–Kier alpha value is -0.353. The molecule has 0 aliphatic carbocycles. The molecule has 128 valence electrons. The molecule has 2 heterocycles. The van der Waals surface area contributed by atoms with E-state index in [0.717, 1.165) is 32.4 Å². The Morgan fingerprint density at radius 2 is 1.68 bits per heavy atom. The van der Waals surface area contributed by atoms with Crippen LogP contribution >= 0.6 is 0 Å². The first-order valence-corrected chi connectivity index (χ1v) is 11.4. The molecule has 0 unspecified atom stereocenters. The Morgan fingerprint density at radius 1 is 1.09 bits per heavy atom. The van der Waals surface area contributed by atoms with E-state index >= 15 is 0 Å². The van der Waals surface area contributed by atoms with E-state index in [1.54, 1.807) is 0 Å². The van der Waals surface area contributed by atoms with E-state index < -0.39 is 8.32 Å². The van der Waals surface area contributed by atoms with Crippen LogP contribution < -0.4 is 0 Å². The second kappa shape index (κ2) is 7.04. The van der Waals surface area contributed by atoms with Gasteiger partial charge in [0, 0.05) is 31.5 Å². The van der Waals surface area contributed by atoms with Crippen LogP contribution in [-0.4, -0.2) is 38.3 Å². The Balaban J connectivity index is 2.07. The molecule has 2 aliphatic rings. The number of nitrogens with zero attached hydrogens (tertiary/aromatic N) is 1. The summed E-state index contributed by atoms with van der Waals surface area (Å²) in [5.74, 6) is 0.929. The summed E-state index contributed by atoms with van der Waals surface area (Å²) in [5, 5.41) is 0. The number of rotatable bonds is 6. The Labute approximate surface area is 137 Å². The first-order valence-electron chi connectivity index (χ1n) is 9.24. The monoisotopic (exact) mass is 325 g/mol. The fourth-order valence-corrected chi connectivity index (χ4v) is 10.7. The van der Waals surface area contributed by atoms with Crippen LogP contribution in [0.25, 0.3) is 0 Å². The largest absolute Gasteiger partial charge is 0.416 e. The van der Waals surface area contributed by atoms with Crippen LogP contribution in [0.5, 0.6) is 0 Å². The average Bonchev–Trinajstić information content (AvgIpc) is 2.81. The van der Waals surface area contributed by atoms with Gasteiger partial charge in [-0.2, -0.15) is 0 Å². The van der Waals surface area contributed by atoms with Gasteiger partial charge in [0.05, 0.1) is 0 Å². The third-order valence-electron chi connectivity index (χ3n) is 6.15. The third kappa shape index (κ3) is 3.14. The van der Waals surface area contributed by atoms with Crippen LogP contribution in [0.2, 0.25) is 16.6 Å². The van der Waals surface area contributed by atoms with Crippen LogP contribution in [0.3, 0.4) is 0 Å². The maximum absolute atomic E-state index is 12.0. The molecule has 0 radical (unpaired) electrons. The van der Waals surface area contributed by atoms with Crippen molar-refractivity contribution in [1.82, 2.24) is 4.90 Å². The summed E-state index contributed by atoms with van der Waals surface area (Å²) >= 11 is 0. The number of carbonyl (C=O) groups excluding carboxylic acids is 1. The summed E-state index contributed by atoms with van der Waals surface area (Å²) in [7, 11) is -1.78. The zero-order valence-electron chi connectivity index (χ0n) is 15.4. The molecular weight excluding hydrogens is 290 g/mol. The van der Waals surface area contributed by atoms with Crippen molar-refractivity contribution in [1.29, 1.82) is 0 Å². The minimum Gasteiger partial charge on any atom is -0.416 e. The molecule has 22 heavy (non-hydrogen) atoms. The van der Waals surface area contributed by atoms with E-state index in [0.29, 0.717) is 34.5 Å². The van der Waals surface area contributed by atoms with Crippen molar-refractivity contribution >= 4 is 14.2 Å². The molecule has 0 aromatic carbocycles. The smallest absolute Gasteiger partial charge is 0.222 e. The predicted molar refractivity (Wildman–Crippen MR) is 94.5 cm³/mol. The lowest BCUT2D eigenvalue weighted by molar-refractivity contribution is -0.131. The van der Waals surface area contributed by atoms with Gasteiger partial charge in [0.2, 0.25) is 5.91 Å². The fraction of sp³-hybridized carbons (Fsp3) is 0.944. The minimum atomic E-state index is -1.78. The molecule has 2 aliphatic heterocycles. The quantitative estimate of drug-likeness (QED) is 0.669. The second-order valence-corrected chi connectivity index (χ2v) is 13.7. The Bertz CT molecular complexity index is 373. The van der Waals surface area contributed by atoms with Gasteiger partial charge in [-0.15, -0.1) is 0 Å². The van der Waals surface area contributed by atoms with Gasteiger partial charge >= 0.3 is 0 Å². The highest BCUT2D eigenvalue weighted by molar-refractivity contribution is 6.77. The van der Waals surface area contributed by atoms with E-state index in [9.17, 15) is 4.79 Å². The van der Waals surface area contributed by atoms with Crippen molar-refractivity contribution in [3.8, 4) is 0 Å². The third-order valence-corrected chi connectivity index (χ3v) is 12.2. The van der Waals surface area contributed by atoms with Gasteiger partial charge in [-0.25, -0.2) is 0 Å². The van der Waals surface area contributed by atoms with Gasteiger partial charge in [0.25, 0.3) is 0 Å². The van der Waals surface area contributed by atoms with Crippen molar-refractivity contribution in [3.05, 3.63) is 0 Å². The summed E-state index contributed by atoms with van der Waals surface area (Å²) in [5.41, 5.74) is 1.91. The number of carbonyl (C=O) groups is 1. The Morgan fingerprint density at radius 3 is 2.23 bits per heavy atom. The number of hydrogen-bond acceptors (Lipinski definition) is 2. The van der Waals surface area contributed by atoms with Crippen LogP contribution in [0, 0.1) is 5.92 Å². The van der Waals surface area contributed by atoms with Crippen LogP contribution in [0.4, 0.5) is 0 Å². The first kappa shape index (κ1) is 18.0. The molecule has 4 heteroatoms. The number of hydrogen-bond donors (Lipinski definition) is 0. The van der Waals surface area contributed by atoms with Crippen molar-refractivity contribution < 1.29 is 9.22 Å². The van der Waals surface area contributed by atoms with Crippen molar-refractivity contribution in [2.75, 3.05) is 13.2 Å². The molecule has 2 atom stereocenters. The van der Waals surface area contributed by atoms with Gasteiger partial charge in [0.15, 0.2) is 8.32 Å². The highest BCUT2D eigenvalue weighted by atomic mass is 28.4. The van der Waals surface area contributed by atoms with E-state index in [2.05, 4.69) is 46.4 Å². The Kier molecular flexibility index (Phi) is 5.76. The van der Waals surface area contributed by atoms with Crippen LogP contribution in [0.1, 0.15) is 67.2 Å². The lowest BCUT2D eigenvalue weighted by Gasteiger charge is -2.45. The molecule has 1 amide bonds. The molecular formula is C18H35NO2Si. The van der Waals surface area contributed by atoms with Gasteiger partial charge in [-0.05, 0) is 35.9 Å². The summed E-state index contributed by atoms with van der Waals surface area (Å²) in [6.07, 6.45) is 4.18. The van der Waals surface area contributed by atoms with Gasteiger partial charge in [-0.1, -0.05) is 41.5 Å². The van der Waals surface area contributed by atoms with E-state index in [1.165, 1.54) is 6.42 Å². The SMILES string of the molecule is CC(C)[Si](OC[C@@H]1CCCN2C(=O)CC[C@@H]12)(C(C)C)C(C)C. The molecule has 2 rings (SSSR count). The summed E-state index contributed by atoms with van der Waals surface area (Å²) < 4.78 is 6.80. The molecule has 0 saturated carbocycles. The highest BCUT2D eigenvalue weighted by Crippen LogP contribution is 2.43. The zero-order valence-corrected chi connectivity index (χ0v) is 16.4. The molecule has 2 saturated heterocycles. The molecule has 0 bridgehead atoms. The van der Waals surface area contributed by atoms with Crippen LogP contribution in [-0.2, 0) is 9.22 Å². The topological polar surface area (TPSA) is 29.5 Å². The van der Waals surface area contributed by atoms with E-state index in [1.807, 2.05) is 0 Å². The number of piperidine rings is 1. The van der Waals surface area contributed by atoms with E-state index in [4.69, 9.17) is 4.43 Å². The maximum Gasteiger partial charge on any atom is 0.222 e. The summed E-state index contributed by atoms with van der Waals surface area (Å²) in [6.45, 7) is 15.9. The molecule has 2 fully saturated rings. The summed E-state index contributed by atoms with van der Waals surface area (Å²) in [6, 6.07) is 0.458. The lowest BCUT2D eigenvalue weighted by atomic mass is 9.90. The first-order chi connectivity index (χ1) is 10.3. The highest BCUT2D eigenvalue weighted by Gasteiger charge is 2.46. The van der Waals surface area contributed by atoms with Crippen molar-refractivity contribution in [2.45, 2.75) is 89.9 Å². The van der Waals surface area contributed by atoms with Crippen molar-refractivity contribution in [3.63, 3.8) is 0 Å². The maximum atomic E-state index is 12.0.